The van der Waals surface area contributed by atoms with E-state index in [9.17, 15) is 4.79 Å². The van der Waals surface area contributed by atoms with Gasteiger partial charge in [-0.3, -0.25) is 4.79 Å². The highest BCUT2D eigenvalue weighted by Crippen LogP contribution is 2.25. The van der Waals surface area contributed by atoms with Gasteiger partial charge in [0.05, 0.1) is 18.1 Å². The van der Waals surface area contributed by atoms with Crippen LogP contribution in [0, 0.1) is 5.92 Å². The molecule has 2 aliphatic rings. The zero-order valence-corrected chi connectivity index (χ0v) is 10.7. The molecule has 1 amide bonds. The number of hydrogen-bond donors (Lipinski definition) is 2. The molecule has 4 unspecified atom stereocenters. The minimum absolute atomic E-state index is 0.0156. The van der Waals surface area contributed by atoms with Gasteiger partial charge in [-0.15, -0.1) is 0 Å². The summed E-state index contributed by atoms with van der Waals surface area (Å²) in [5.74, 6) is 0.160. The smallest absolute Gasteiger partial charge is 0.224 e. The number of amides is 1. The van der Waals surface area contributed by atoms with Crippen molar-refractivity contribution in [3.63, 3.8) is 0 Å². The highest BCUT2D eigenvalue weighted by molar-refractivity contribution is 5.79. The van der Waals surface area contributed by atoms with Crippen molar-refractivity contribution in [1.82, 2.24) is 5.32 Å². The van der Waals surface area contributed by atoms with Crippen molar-refractivity contribution < 1.29 is 9.53 Å². The maximum Gasteiger partial charge on any atom is 0.224 e. The maximum absolute atomic E-state index is 12.2. The van der Waals surface area contributed by atoms with Crippen LogP contribution in [-0.4, -0.2) is 31.2 Å². The number of methoxy groups -OCH3 is 1. The number of nitrogens with one attached hydrogen (secondary N) is 1. The van der Waals surface area contributed by atoms with Gasteiger partial charge in [-0.1, -0.05) is 12.8 Å². The Balaban J connectivity index is 1.87. The Morgan fingerprint density at radius 1 is 1.18 bits per heavy atom. The van der Waals surface area contributed by atoms with E-state index in [1.807, 2.05) is 0 Å². The lowest BCUT2D eigenvalue weighted by Gasteiger charge is -2.29. The Labute approximate surface area is 103 Å². The number of nitrogens with two attached hydrogens (primary N) is 1. The number of rotatable bonds is 3. The molecule has 17 heavy (non-hydrogen) atoms. The molecule has 0 saturated heterocycles. The molecule has 2 rings (SSSR count). The lowest BCUT2D eigenvalue weighted by molar-refractivity contribution is -0.128. The zero-order valence-electron chi connectivity index (χ0n) is 10.7. The van der Waals surface area contributed by atoms with Crippen LogP contribution in [0.4, 0.5) is 0 Å². The van der Waals surface area contributed by atoms with Crippen LogP contribution in [0.1, 0.15) is 44.9 Å². The molecule has 2 fully saturated rings. The topological polar surface area (TPSA) is 64.3 Å². The summed E-state index contributed by atoms with van der Waals surface area (Å²) in [7, 11) is 1.72. The number of carbonyl (C=O) groups is 1. The fourth-order valence-corrected chi connectivity index (χ4v) is 3.15. The molecule has 0 radical (unpaired) electrons. The van der Waals surface area contributed by atoms with Crippen LogP contribution in [0.5, 0.6) is 0 Å². The summed E-state index contributed by atoms with van der Waals surface area (Å²) in [6.45, 7) is 0. The van der Waals surface area contributed by atoms with Crippen LogP contribution in [-0.2, 0) is 9.53 Å². The molecule has 0 bridgehead atoms. The van der Waals surface area contributed by atoms with E-state index in [1.165, 1.54) is 0 Å². The predicted octanol–water partition coefficient (Wildman–Crippen LogP) is 1.19. The van der Waals surface area contributed by atoms with Gasteiger partial charge in [-0.2, -0.15) is 0 Å². The van der Waals surface area contributed by atoms with Crippen LogP contribution in [0.25, 0.3) is 0 Å². The molecule has 2 saturated carbocycles. The second-order valence-electron chi connectivity index (χ2n) is 5.37. The monoisotopic (exact) mass is 240 g/mol. The average Bonchev–Trinajstić information content (AvgIpc) is 2.76. The van der Waals surface area contributed by atoms with Gasteiger partial charge < -0.3 is 15.8 Å². The van der Waals surface area contributed by atoms with E-state index in [0.29, 0.717) is 0 Å². The fraction of sp³-hybridized carbons (Fsp3) is 0.923. The fourth-order valence-electron chi connectivity index (χ4n) is 3.15. The number of ether oxygens (including phenoxy) is 1. The molecule has 3 N–H and O–H groups in total. The van der Waals surface area contributed by atoms with Crippen molar-refractivity contribution >= 4 is 5.91 Å². The summed E-state index contributed by atoms with van der Waals surface area (Å²) in [4.78, 5) is 12.2. The first-order valence-corrected chi connectivity index (χ1v) is 6.81. The third kappa shape index (κ3) is 2.99. The van der Waals surface area contributed by atoms with E-state index < -0.39 is 0 Å². The van der Waals surface area contributed by atoms with Crippen LogP contribution in [0.2, 0.25) is 0 Å². The van der Waals surface area contributed by atoms with E-state index in [4.69, 9.17) is 10.5 Å². The molecule has 0 aromatic carbocycles. The summed E-state index contributed by atoms with van der Waals surface area (Å²) in [5, 5.41) is 3.14. The summed E-state index contributed by atoms with van der Waals surface area (Å²) in [6, 6.07) is 0.243. The Hall–Kier alpha value is -0.610. The van der Waals surface area contributed by atoms with Gasteiger partial charge in [0.25, 0.3) is 0 Å². The first-order valence-electron chi connectivity index (χ1n) is 6.81. The summed E-state index contributed by atoms with van der Waals surface area (Å²) in [5.41, 5.74) is 6.03. The Morgan fingerprint density at radius 2 is 1.94 bits per heavy atom. The van der Waals surface area contributed by atoms with Gasteiger partial charge in [-0.05, 0) is 32.1 Å². The van der Waals surface area contributed by atoms with Crippen molar-refractivity contribution in [2.45, 2.75) is 63.1 Å². The quantitative estimate of drug-likeness (QED) is 0.779. The molecule has 4 nitrogen and oxygen atoms in total. The molecule has 4 atom stereocenters. The third-order valence-corrected chi connectivity index (χ3v) is 4.24. The van der Waals surface area contributed by atoms with Gasteiger partial charge in [0.15, 0.2) is 0 Å². The molecular formula is C13H24N2O2. The lowest BCUT2D eigenvalue weighted by Crippen LogP contribution is -2.49. The molecule has 0 aromatic rings. The van der Waals surface area contributed by atoms with Gasteiger partial charge in [0.1, 0.15) is 0 Å². The Kier molecular flexibility index (Phi) is 4.40. The van der Waals surface area contributed by atoms with Crippen molar-refractivity contribution in [1.29, 1.82) is 0 Å². The van der Waals surface area contributed by atoms with Crippen molar-refractivity contribution in [3.8, 4) is 0 Å². The summed E-state index contributed by atoms with van der Waals surface area (Å²) < 4.78 is 5.39. The molecule has 0 spiro atoms. The highest BCUT2D eigenvalue weighted by atomic mass is 16.5. The average molecular weight is 240 g/mol. The predicted molar refractivity (Wildman–Crippen MR) is 66.5 cm³/mol. The van der Waals surface area contributed by atoms with Gasteiger partial charge in [0.2, 0.25) is 5.91 Å². The van der Waals surface area contributed by atoms with Crippen molar-refractivity contribution in [3.05, 3.63) is 0 Å². The minimum Gasteiger partial charge on any atom is -0.379 e. The first-order chi connectivity index (χ1) is 8.22. The maximum atomic E-state index is 12.2. The van der Waals surface area contributed by atoms with Crippen molar-refractivity contribution in [2.24, 2.45) is 11.7 Å². The number of hydrogen-bond acceptors (Lipinski definition) is 3. The van der Waals surface area contributed by atoms with E-state index in [2.05, 4.69) is 5.32 Å². The lowest BCUT2D eigenvalue weighted by atomic mass is 9.84. The largest absolute Gasteiger partial charge is 0.379 e. The zero-order chi connectivity index (χ0) is 12.3. The van der Waals surface area contributed by atoms with Gasteiger partial charge >= 0.3 is 0 Å². The van der Waals surface area contributed by atoms with Crippen LogP contribution >= 0.6 is 0 Å². The van der Waals surface area contributed by atoms with Gasteiger partial charge in [-0.25, -0.2) is 0 Å². The van der Waals surface area contributed by atoms with E-state index in [0.717, 1.165) is 44.9 Å². The van der Waals surface area contributed by atoms with Crippen LogP contribution in [0.3, 0.4) is 0 Å². The third-order valence-electron chi connectivity index (χ3n) is 4.24. The molecule has 4 heteroatoms. The SMILES string of the molecule is COC1CCCC1NC(=O)C1CCCCC1N. The Bertz CT molecular complexity index is 270. The first kappa shape index (κ1) is 12.8. The summed E-state index contributed by atoms with van der Waals surface area (Å²) >= 11 is 0. The van der Waals surface area contributed by atoms with E-state index in [-0.39, 0.29) is 30.0 Å². The minimum atomic E-state index is 0.0156. The van der Waals surface area contributed by atoms with E-state index >= 15 is 0 Å². The normalized spacial score (nSPS) is 38.0. The molecule has 0 aliphatic heterocycles. The molecule has 0 aromatic heterocycles. The molecule has 0 heterocycles. The van der Waals surface area contributed by atoms with Crippen molar-refractivity contribution in [2.75, 3.05) is 7.11 Å². The number of carbonyl (C=O) groups excluding carboxylic acids is 1. The standard InChI is InChI=1S/C13H24N2O2/c1-17-12-8-4-7-11(12)15-13(16)9-5-2-3-6-10(9)14/h9-12H,2-8,14H2,1H3,(H,15,16). The molecular weight excluding hydrogens is 216 g/mol. The molecule has 98 valence electrons. The van der Waals surface area contributed by atoms with Crippen LogP contribution < -0.4 is 11.1 Å². The second kappa shape index (κ2) is 5.83. The van der Waals surface area contributed by atoms with Gasteiger partial charge in [0, 0.05) is 13.2 Å². The molecule has 2 aliphatic carbocycles. The second-order valence-corrected chi connectivity index (χ2v) is 5.37. The summed E-state index contributed by atoms with van der Waals surface area (Å²) in [6.07, 6.45) is 7.64. The Morgan fingerprint density at radius 3 is 2.65 bits per heavy atom. The van der Waals surface area contributed by atoms with E-state index in [1.54, 1.807) is 7.11 Å². The van der Waals surface area contributed by atoms with Crippen LogP contribution in [0.15, 0.2) is 0 Å². The highest BCUT2D eigenvalue weighted by Gasteiger charge is 2.33.